The first-order valence-corrected chi connectivity index (χ1v) is 10.3. The normalized spacial score (nSPS) is 17.8. The van der Waals surface area contributed by atoms with Gasteiger partial charge in [-0.2, -0.15) is 5.43 Å². The van der Waals surface area contributed by atoms with Gasteiger partial charge in [0.25, 0.3) is 11.5 Å². The maximum Gasteiger partial charge on any atom is 0.421 e. The molecule has 2 aromatic rings. The minimum absolute atomic E-state index is 0.0685. The van der Waals surface area contributed by atoms with Crippen LogP contribution >= 0.6 is 12.2 Å². The van der Waals surface area contributed by atoms with Crippen LogP contribution in [0.2, 0.25) is 0 Å². The average molecular weight is 484 g/mol. The number of amides is 3. The summed E-state index contributed by atoms with van der Waals surface area (Å²) in [5.74, 6) is -0.119. The van der Waals surface area contributed by atoms with Gasteiger partial charge < -0.3 is 14.4 Å². The van der Waals surface area contributed by atoms with Crippen molar-refractivity contribution < 1.29 is 19.4 Å². The van der Waals surface area contributed by atoms with E-state index in [1.165, 1.54) is 31.0 Å². The van der Waals surface area contributed by atoms with Crippen molar-refractivity contribution in [3.8, 4) is 17.3 Å². The largest absolute Gasteiger partial charge is 0.859 e. The number of hydrogen-bond acceptors (Lipinski definition) is 9. The highest BCUT2D eigenvalue weighted by molar-refractivity contribution is 7.71. The summed E-state index contributed by atoms with van der Waals surface area (Å²) >= 11 is 5.16. The molecule has 3 heterocycles. The van der Waals surface area contributed by atoms with E-state index in [0.717, 1.165) is 15.7 Å². The first-order chi connectivity index (χ1) is 16.1. The number of H-pyrrole nitrogens is 1. The number of hydrazone groups is 1. The van der Waals surface area contributed by atoms with Crippen molar-refractivity contribution in [3.05, 3.63) is 45.0 Å². The van der Waals surface area contributed by atoms with Gasteiger partial charge in [0.15, 0.2) is 4.77 Å². The summed E-state index contributed by atoms with van der Waals surface area (Å²) in [6.07, 6.45) is 1.04. The fraction of sp³-hybridized carbons (Fsp3) is 0.250. The summed E-state index contributed by atoms with van der Waals surface area (Å²) in [6, 6.07) is 5.25. The van der Waals surface area contributed by atoms with Crippen LogP contribution in [0.15, 0.2) is 34.2 Å². The Labute approximate surface area is 197 Å². The number of guanidine groups is 1. The second kappa shape index (κ2) is 8.50. The van der Waals surface area contributed by atoms with Gasteiger partial charge in [-0.15, -0.1) is 5.10 Å². The quantitative estimate of drug-likeness (QED) is 0.232. The number of aromatic amines is 1. The first-order valence-electron chi connectivity index (χ1n) is 9.89. The first kappa shape index (κ1) is 22.8. The number of benzene rings is 1. The third-order valence-electron chi connectivity index (χ3n) is 5.46. The zero-order valence-electron chi connectivity index (χ0n) is 18.6. The maximum absolute atomic E-state index is 13.0. The molecule has 0 bridgehead atoms. The van der Waals surface area contributed by atoms with Crippen LogP contribution in [0.5, 0.6) is 11.6 Å². The number of carbonyl (C=O) groups excluding carboxylic acids is 2. The number of amidine groups is 1. The SMILES string of the molecule is COc1ccc(-n2c([O-])c(/C=N/NC3=[N+]=C4C(C(=O)N(C)C(=O)N4C)N3C)c(=O)[nH]c2=S)cc1. The molecule has 4 rings (SSSR count). The molecule has 1 fully saturated rings. The number of fused-ring (bicyclic) bond motifs is 1. The highest BCUT2D eigenvalue weighted by Crippen LogP contribution is 2.20. The number of rotatable bonds is 4. The summed E-state index contributed by atoms with van der Waals surface area (Å²) < 4.78 is 10.5. The van der Waals surface area contributed by atoms with Crippen molar-refractivity contribution in [2.24, 2.45) is 5.10 Å². The van der Waals surface area contributed by atoms with Crippen molar-refractivity contribution in [2.45, 2.75) is 6.04 Å². The van der Waals surface area contributed by atoms with Crippen LogP contribution in [0, 0.1) is 4.77 Å². The minimum Gasteiger partial charge on any atom is -0.859 e. The smallest absolute Gasteiger partial charge is 0.421 e. The van der Waals surface area contributed by atoms with Gasteiger partial charge in [-0.3, -0.25) is 19.5 Å². The van der Waals surface area contributed by atoms with Gasteiger partial charge in [0.2, 0.25) is 6.04 Å². The van der Waals surface area contributed by atoms with E-state index >= 15 is 0 Å². The number of aromatic nitrogens is 2. The Bertz CT molecular complexity index is 1400. The van der Waals surface area contributed by atoms with Gasteiger partial charge >= 0.3 is 17.8 Å². The third-order valence-corrected chi connectivity index (χ3v) is 5.74. The van der Waals surface area contributed by atoms with Gasteiger partial charge in [0.1, 0.15) is 5.75 Å². The van der Waals surface area contributed by atoms with Crippen molar-refractivity contribution in [1.82, 2.24) is 34.3 Å². The third kappa shape index (κ3) is 3.60. The lowest BCUT2D eigenvalue weighted by atomic mass is 10.1. The molecular formula is C20H20N8O5S. The predicted molar refractivity (Wildman–Crippen MR) is 124 cm³/mol. The van der Waals surface area contributed by atoms with Crippen LogP contribution in [-0.2, 0) is 4.79 Å². The van der Waals surface area contributed by atoms with Crippen LogP contribution < -0.4 is 25.5 Å². The number of carbonyl (C=O) groups is 2. The fourth-order valence-corrected chi connectivity index (χ4v) is 3.83. The molecule has 14 heteroatoms. The molecule has 1 aromatic carbocycles. The zero-order chi connectivity index (χ0) is 24.7. The number of likely N-dealkylation sites (N-methyl/N-ethyl adjacent to an activating group) is 3. The second-order valence-corrected chi connectivity index (χ2v) is 7.81. The molecule has 13 nitrogen and oxygen atoms in total. The summed E-state index contributed by atoms with van der Waals surface area (Å²) in [5.41, 5.74) is 2.08. The summed E-state index contributed by atoms with van der Waals surface area (Å²) in [5, 5.41) is 17.0. The molecule has 1 saturated heterocycles. The highest BCUT2D eigenvalue weighted by Gasteiger charge is 2.53. The Hall–Kier alpha value is -4.42. The van der Waals surface area contributed by atoms with Crippen LogP contribution in [-0.4, -0.2) is 88.5 Å². The van der Waals surface area contributed by atoms with E-state index in [1.807, 2.05) is 0 Å². The van der Waals surface area contributed by atoms with Crippen LogP contribution in [0.4, 0.5) is 4.79 Å². The highest BCUT2D eigenvalue weighted by atomic mass is 32.1. The minimum atomic E-state index is -0.805. The molecule has 0 radical (unpaired) electrons. The van der Waals surface area contributed by atoms with E-state index in [0.29, 0.717) is 11.4 Å². The van der Waals surface area contributed by atoms with Crippen molar-refractivity contribution in [1.29, 1.82) is 0 Å². The summed E-state index contributed by atoms with van der Waals surface area (Å²) in [6.45, 7) is 0. The van der Waals surface area contributed by atoms with Gasteiger partial charge in [-0.25, -0.2) is 19.3 Å². The van der Waals surface area contributed by atoms with E-state index in [4.69, 9.17) is 17.0 Å². The lowest BCUT2D eigenvalue weighted by Gasteiger charge is -2.30. The Balaban J connectivity index is 1.64. The number of methoxy groups -OCH3 is 1. The molecule has 1 atom stereocenters. The number of ether oxygens (including phenoxy) is 1. The number of hydrogen-bond donors (Lipinski definition) is 2. The molecule has 176 valence electrons. The number of nitrogens with zero attached hydrogens (tertiary/aromatic N) is 6. The number of imide groups is 1. The van der Waals surface area contributed by atoms with Crippen LogP contribution in [0.3, 0.4) is 0 Å². The molecule has 2 aliphatic rings. The molecule has 0 spiro atoms. The molecule has 1 unspecified atom stereocenters. The van der Waals surface area contributed by atoms with Gasteiger partial charge in [-0.05, 0) is 42.4 Å². The van der Waals surface area contributed by atoms with Crippen LogP contribution in [0.25, 0.3) is 5.69 Å². The molecular weight excluding hydrogens is 464 g/mol. The number of urea groups is 1. The molecule has 34 heavy (non-hydrogen) atoms. The lowest BCUT2D eigenvalue weighted by molar-refractivity contribution is -0.278. The lowest BCUT2D eigenvalue weighted by Crippen LogP contribution is -2.63. The Morgan fingerprint density at radius 2 is 1.85 bits per heavy atom. The van der Waals surface area contributed by atoms with E-state index in [-0.39, 0.29) is 22.1 Å². The molecule has 2 aliphatic heterocycles. The standard InChI is InChI=1S/C20H20N8O5S/c1-25-13-14(26(2)20(32)27(3)17(13)31)22-18(25)24-21-9-12-15(29)23-19(34)28(16(12)30)10-5-7-11(33-4)8-6-10/h5-9,13H,1-4H3,(H2,21,23,29,30,34). The zero-order valence-corrected chi connectivity index (χ0v) is 19.4. The van der Waals surface area contributed by atoms with E-state index < -0.39 is 29.4 Å². The summed E-state index contributed by atoms with van der Waals surface area (Å²) in [4.78, 5) is 43.3. The molecule has 2 N–H and O–H groups in total. The molecule has 3 amide bonds. The Kier molecular flexibility index (Phi) is 5.69. The summed E-state index contributed by atoms with van der Waals surface area (Å²) in [7, 11) is 6.02. The fourth-order valence-electron chi connectivity index (χ4n) is 3.55. The van der Waals surface area contributed by atoms with Gasteiger partial charge in [0.05, 0.1) is 25.9 Å². The number of nitrogens with one attached hydrogen (secondary N) is 2. The average Bonchev–Trinajstić information content (AvgIpc) is 3.15. The maximum atomic E-state index is 13.0. The van der Waals surface area contributed by atoms with Gasteiger partial charge in [-0.1, -0.05) is 0 Å². The molecule has 0 aliphatic carbocycles. The van der Waals surface area contributed by atoms with E-state index in [1.54, 1.807) is 31.3 Å². The topological polar surface area (TPSA) is 152 Å². The molecule has 0 saturated carbocycles. The Morgan fingerprint density at radius 3 is 2.50 bits per heavy atom. The van der Waals surface area contributed by atoms with Crippen molar-refractivity contribution in [3.63, 3.8) is 0 Å². The van der Waals surface area contributed by atoms with Crippen LogP contribution in [0.1, 0.15) is 5.56 Å². The van der Waals surface area contributed by atoms with E-state index in [2.05, 4.69) is 20.2 Å². The molecule has 1 aromatic heterocycles. The van der Waals surface area contributed by atoms with Crippen molar-refractivity contribution >= 4 is 42.2 Å². The second-order valence-electron chi connectivity index (χ2n) is 7.43. The van der Waals surface area contributed by atoms with Gasteiger partial charge in [0, 0.05) is 19.8 Å². The monoisotopic (exact) mass is 484 g/mol. The predicted octanol–water partition coefficient (Wildman–Crippen LogP) is -1.44. The Morgan fingerprint density at radius 1 is 1.18 bits per heavy atom. The van der Waals surface area contributed by atoms with E-state index in [9.17, 15) is 19.5 Å². The van der Waals surface area contributed by atoms with Crippen molar-refractivity contribution in [2.75, 3.05) is 28.3 Å².